The fourth-order valence-electron chi connectivity index (χ4n) is 2.31. The van der Waals surface area contributed by atoms with E-state index >= 15 is 0 Å². The molecule has 0 saturated heterocycles. The topological polar surface area (TPSA) is 77.8 Å². The number of ether oxygens (including phenoxy) is 2. The van der Waals surface area contributed by atoms with Gasteiger partial charge in [-0.15, -0.1) is 0 Å². The van der Waals surface area contributed by atoms with Gasteiger partial charge in [-0.1, -0.05) is 11.6 Å². The van der Waals surface area contributed by atoms with Gasteiger partial charge < -0.3 is 19.2 Å². The molecule has 0 aliphatic heterocycles. The van der Waals surface area contributed by atoms with E-state index in [2.05, 4.69) is 10.1 Å². The SMILES string of the molecule is COC(=O)c1cc(CC(=O)OCCNc2ccc(Cl)cc2C)oc1C. The molecule has 0 fully saturated rings. The van der Waals surface area contributed by atoms with Gasteiger partial charge in [-0.25, -0.2) is 4.79 Å². The van der Waals surface area contributed by atoms with Crippen LogP contribution in [0.5, 0.6) is 0 Å². The molecule has 2 aromatic rings. The van der Waals surface area contributed by atoms with Crippen molar-refractivity contribution in [1.29, 1.82) is 0 Å². The Labute approximate surface area is 151 Å². The molecule has 0 unspecified atom stereocenters. The summed E-state index contributed by atoms with van der Waals surface area (Å²) in [5.41, 5.74) is 2.26. The van der Waals surface area contributed by atoms with Gasteiger partial charge in [0.2, 0.25) is 0 Å². The van der Waals surface area contributed by atoms with Crippen LogP contribution in [-0.2, 0) is 20.7 Å². The van der Waals surface area contributed by atoms with Gasteiger partial charge in [0.1, 0.15) is 30.1 Å². The average Bonchev–Trinajstić information content (AvgIpc) is 2.92. The first-order valence-corrected chi connectivity index (χ1v) is 8.11. The van der Waals surface area contributed by atoms with Crippen LogP contribution in [0.25, 0.3) is 0 Å². The highest BCUT2D eigenvalue weighted by molar-refractivity contribution is 6.30. The van der Waals surface area contributed by atoms with Gasteiger partial charge in [0, 0.05) is 17.3 Å². The van der Waals surface area contributed by atoms with Gasteiger partial charge in [-0.05, 0) is 43.7 Å². The van der Waals surface area contributed by atoms with E-state index in [0.29, 0.717) is 28.7 Å². The number of carbonyl (C=O) groups excluding carboxylic acids is 2. The number of halogens is 1. The maximum atomic E-state index is 11.9. The Morgan fingerprint density at radius 2 is 2.00 bits per heavy atom. The summed E-state index contributed by atoms with van der Waals surface area (Å²) in [7, 11) is 1.29. The lowest BCUT2D eigenvalue weighted by Gasteiger charge is -2.10. The minimum atomic E-state index is -0.497. The molecule has 1 aromatic heterocycles. The van der Waals surface area contributed by atoms with Gasteiger partial charge >= 0.3 is 11.9 Å². The van der Waals surface area contributed by atoms with Gasteiger partial charge in [0.25, 0.3) is 0 Å². The Morgan fingerprint density at radius 1 is 1.24 bits per heavy atom. The number of nitrogens with one attached hydrogen (secondary N) is 1. The summed E-state index contributed by atoms with van der Waals surface area (Å²) < 4.78 is 15.2. The summed E-state index contributed by atoms with van der Waals surface area (Å²) in [6.07, 6.45) is -0.0438. The molecule has 1 aromatic carbocycles. The van der Waals surface area contributed by atoms with Gasteiger partial charge in [-0.3, -0.25) is 4.79 Å². The van der Waals surface area contributed by atoms with Crippen molar-refractivity contribution in [2.75, 3.05) is 25.6 Å². The van der Waals surface area contributed by atoms with Crippen LogP contribution in [0.4, 0.5) is 5.69 Å². The molecule has 0 bridgehead atoms. The molecule has 134 valence electrons. The number of esters is 2. The molecule has 0 amide bonds. The van der Waals surface area contributed by atoms with Crippen molar-refractivity contribution in [3.8, 4) is 0 Å². The van der Waals surface area contributed by atoms with Crippen LogP contribution in [0.2, 0.25) is 5.02 Å². The molecule has 0 atom stereocenters. The number of hydrogen-bond donors (Lipinski definition) is 1. The molecule has 6 nitrogen and oxygen atoms in total. The van der Waals surface area contributed by atoms with E-state index in [0.717, 1.165) is 11.3 Å². The van der Waals surface area contributed by atoms with E-state index < -0.39 is 11.9 Å². The molecule has 2 rings (SSSR count). The number of aryl methyl sites for hydroxylation is 2. The molecule has 0 aliphatic carbocycles. The molecular formula is C18H20ClNO5. The van der Waals surface area contributed by atoms with Crippen LogP contribution >= 0.6 is 11.6 Å². The van der Waals surface area contributed by atoms with Crippen LogP contribution in [0.15, 0.2) is 28.7 Å². The molecule has 0 saturated carbocycles. The zero-order chi connectivity index (χ0) is 18.4. The highest BCUT2D eigenvalue weighted by Gasteiger charge is 2.17. The monoisotopic (exact) mass is 365 g/mol. The number of rotatable bonds is 7. The second-order valence-electron chi connectivity index (χ2n) is 5.46. The van der Waals surface area contributed by atoms with Crippen LogP contribution < -0.4 is 5.32 Å². The molecule has 0 radical (unpaired) electrons. The first-order chi connectivity index (χ1) is 11.9. The van der Waals surface area contributed by atoms with Crippen molar-refractivity contribution < 1.29 is 23.5 Å². The van der Waals surface area contributed by atoms with Crippen molar-refractivity contribution in [2.45, 2.75) is 20.3 Å². The standard InChI is InChI=1S/C18H20ClNO5/c1-11-8-13(19)4-5-16(11)20-6-7-24-17(21)10-14-9-15(12(2)25-14)18(22)23-3/h4-5,8-9,20H,6-7,10H2,1-3H3. The molecular weight excluding hydrogens is 346 g/mol. The minimum absolute atomic E-state index is 0.0438. The summed E-state index contributed by atoms with van der Waals surface area (Å²) in [6, 6.07) is 7.02. The van der Waals surface area contributed by atoms with E-state index in [4.69, 9.17) is 20.8 Å². The average molecular weight is 366 g/mol. The smallest absolute Gasteiger partial charge is 0.341 e. The molecule has 25 heavy (non-hydrogen) atoms. The second kappa shape index (κ2) is 8.58. The van der Waals surface area contributed by atoms with E-state index in [9.17, 15) is 9.59 Å². The van der Waals surface area contributed by atoms with Gasteiger partial charge in [0.05, 0.1) is 7.11 Å². The Morgan fingerprint density at radius 3 is 2.68 bits per heavy atom. The zero-order valence-electron chi connectivity index (χ0n) is 14.3. The van der Waals surface area contributed by atoms with Gasteiger partial charge in [-0.2, -0.15) is 0 Å². The predicted octanol–water partition coefficient (Wildman–Crippen LogP) is 3.53. The number of benzene rings is 1. The Bertz CT molecular complexity index is 769. The zero-order valence-corrected chi connectivity index (χ0v) is 15.1. The number of carbonyl (C=O) groups is 2. The second-order valence-corrected chi connectivity index (χ2v) is 5.89. The lowest BCUT2D eigenvalue weighted by Crippen LogP contribution is -2.15. The van der Waals surface area contributed by atoms with Crippen molar-refractivity contribution in [3.05, 3.63) is 51.9 Å². The molecule has 0 aliphatic rings. The first-order valence-electron chi connectivity index (χ1n) is 7.74. The quantitative estimate of drug-likeness (QED) is 0.597. The van der Waals surface area contributed by atoms with E-state index in [1.165, 1.54) is 13.2 Å². The molecule has 1 N–H and O–H groups in total. The fourth-order valence-corrected chi connectivity index (χ4v) is 2.54. The van der Waals surface area contributed by atoms with Crippen LogP contribution in [0.1, 0.15) is 27.4 Å². The third kappa shape index (κ3) is 5.26. The maximum absolute atomic E-state index is 11.9. The number of methoxy groups -OCH3 is 1. The van der Waals surface area contributed by atoms with Crippen molar-refractivity contribution in [2.24, 2.45) is 0 Å². The third-order valence-corrected chi connectivity index (χ3v) is 3.80. The highest BCUT2D eigenvalue weighted by Crippen LogP contribution is 2.19. The van der Waals surface area contributed by atoms with Crippen LogP contribution in [0, 0.1) is 13.8 Å². The molecule has 7 heteroatoms. The van der Waals surface area contributed by atoms with E-state index in [1.54, 1.807) is 13.0 Å². The Kier molecular flexibility index (Phi) is 6.47. The van der Waals surface area contributed by atoms with Crippen molar-refractivity contribution in [3.63, 3.8) is 0 Å². The largest absolute Gasteiger partial charge is 0.465 e. The Balaban J connectivity index is 1.78. The normalized spacial score (nSPS) is 10.4. The molecule has 0 spiro atoms. The summed E-state index contributed by atoms with van der Waals surface area (Å²) in [5.74, 6) is -0.151. The molecule has 1 heterocycles. The summed E-state index contributed by atoms with van der Waals surface area (Å²) in [6.45, 7) is 4.26. The first kappa shape index (κ1) is 18.9. The lowest BCUT2D eigenvalue weighted by molar-refractivity contribution is -0.142. The van der Waals surface area contributed by atoms with Crippen molar-refractivity contribution in [1.82, 2.24) is 0 Å². The fraction of sp³-hybridized carbons (Fsp3) is 0.333. The lowest BCUT2D eigenvalue weighted by atomic mass is 10.2. The number of anilines is 1. The van der Waals surface area contributed by atoms with Gasteiger partial charge in [0.15, 0.2) is 0 Å². The third-order valence-electron chi connectivity index (χ3n) is 3.56. The van der Waals surface area contributed by atoms with Crippen LogP contribution in [0.3, 0.4) is 0 Å². The van der Waals surface area contributed by atoms with E-state index in [1.807, 2.05) is 19.1 Å². The minimum Gasteiger partial charge on any atom is -0.465 e. The predicted molar refractivity (Wildman–Crippen MR) is 94.1 cm³/mol. The highest BCUT2D eigenvalue weighted by atomic mass is 35.5. The summed E-state index contributed by atoms with van der Waals surface area (Å²) in [4.78, 5) is 23.4. The summed E-state index contributed by atoms with van der Waals surface area (Å²) >= 11 is 5.90. The maximum Gasteiger partial charge on any atom is 0.341 e. The van der Waals surface area contributed by atoms with Crippen LogP contribution in [-0.4, -0.2) is 32.2 Å². The summed E-state index contributed by atoms with van der Waals surface area (Å²) in [5, 5.41) is 3.85. The Hall–Kier alpha value is -2.47. The number of furan rings is 1. The number of hydrogen-bond acceptors (Lipinski definition) is 6. The van der Waals surface area contributed by atoms with E-state index in [-0.39, 0.29) is 13.0 Å². The van der Waals surface area contributed by atoms with Crippen molar-refractivity contribution >= 4 is 29.2 Å².